The maximum atomic E-state index is 13.3. The van der Waals surface area contributed by atoms with Crippen molar-refractivity contribution in [1.82, 2.24) is 5.32 Å². The zero-order chi connectivity index (χ0) is 13.9. The van der Waals surface area contributed by atoms with E-state index in [0.29, 0.717) is 0 Å². The molecule has 0 saturated carbocycles. The molecule has 0 fully saturated rings. The second-order valence-electron chi connectivity index (χ2n) is 4.20. The molecule has 0 aliphatic carbocycles. The number of rotatable bonds is 4. The number of nitrogens with two attached hydrogens (primary N) is 1. The Kier molecular flexibility index (Phi) is 4.84. The lowest BCUT2D eigenvalue weighted by Crippen LogP contribution is -2.47. The summed E-state index contributed by atoms with van der Waals surface area (Å²) in [4.78, 5) is 23.1. The van der Waals surface area contributed by atoms with Gasteiger partial charge in [-0.05, 0) is 34.0 Å². The quantitative estimate of drug-likeness (QED) is 0.889. The van der Waals surface area contributed by atoms with Crippen LogP contribution in [-0.4, -0.2) is 17.9 Å². The van der Waals surface area contributed by atoms with E-state index in [2.05, 4.69) is 21.2 Å². The molecule has 98 valence electrons. The third-order valence-corrected chi connectivity index (χ3v) is 3.26. The van der Waals surface area contributed by atoms with E-state index in [1.165, 1.54) is 18.2 Å². The van der Waals surface area contributed by atoms with Gasteiger partial charge in [0.05, 0.1) is 10.0 Å². The van der Waals surface area contributed by atoms with E-state index in [-0.39, 0.29) is 16.0 Å². The first-order valence-corrected chi connectivity index (χ1v) is 6.18. The fourth-order valence-corrected chi connectivity index (χ4v) is 1.91. The van der Waals surface area contributed by atoms with Gasteiger partial charge in [0.1, 0.15) is 11.9 Å². The molecule has 1 unspecified atom stereocenters. The van der Waals surface area contributed by atoms with Gasteiger partial charge in [0, 0.05) is 0 Å². The summed E-state index contributed by atoms with van der Waals surface area (Å²) in [5.74, 6) is -1.84. The largest absolute Gasteiger partial charge is 0.368 e. The number of halogens is 2. The van der Waals surface area contributed by atoms with Crippen molar-refractivity contribution >= 4 is 27.7 Å². The number of hydrogen-bond acceptors (Lipinski definition) is 2. The molecule has 0 aliphatic rings. The Morgan fingerprint density at radius 3 is 2.50 bits per heavy atom. The van der Waals surface area contributed by atoms with Gasteiger partial charge in [-0.15, -0.1) is 0 Å². The molecule has 4 nitrogen and oxygen atoms in total. The van der Waals surface area contributed by atoms with Crippen LogP contribution < -0.4 is 11.1 Å². The zero-order valence-corrected chi connectivity index (χ0v) is 11.6. The molecular formula is C12H14BrFN2O2. The molecular weight excluding hydrogens is 303 g/mol. The molecule has 0 radical (unpaired) electrons. The van der Waals surface area contributed by atoms with Crippen LogP contribution in [0, 0.1) is 11.7 Å². The van der Waals surface area contributed by atoms with Crippen LogP contribution in [0.25, 0.3) is 0 Å². The number of benzene rings is 1. The first kappa shape index (κ1) is 14.6. The van der Waals surface area contributed by atoms with E-state index in [0.717, 1.165) is 0 Å². The molecule has 1 rings (SSSR count). The number of amides is 2. The van der Waals surface area contributed by atoms with Crippen LogP contribution in [-0.2, 0) is 4.79 Å². The van der Waals surface area contributed by atoms with Crippen molar-refractivity contribution < 1.29 is 14.0 Å². The Bertz CT molecular complexity index is 477. The molecule has 1 atom stereocenters. The summed E-state index contributed by atoms with van der Waals surface area (Å²) in [6, 6.07) is 3.33. The fraction of sp³-hybridized carbons (Fsp3) is 0.333. The highest BCUT2D eigenvalue weighted by atomic mass is 79.9. The van der Waals surface area contributed by atoms with Crippen molar-refractivity contribution in [2.24, 2.45) is 11.7 Å². The highest BCUT2D eigenvalue weighted by Gasteiger charge is 2.23. The molecule has 1 aromatic carbocycles. The molecule has 0 saturated heterocycles. The van der Waals surface area contributed by atoms with Gasteiger partial charge in [-0.2, -0.15) is 0 Å². The lowest BCUT2D eigenvalue weighted by Gasteiger charge is -2.19. The lowest BCUT2D eigenvalue weighted by molar-refractivity contribution is -0.120. The predicted octanol–water partition coefficient (Wildman–Crippen LogP) is 1.83. The van der Waals surface area contributed by atoms with Crippen molar-refractivity contribution in [3.05, 3.63) is 34.1 Å². The SMILES string of the molecule is CC(C)C(NC(=O)c1cccc(F)c1Br)C(N)=O. The normalized spacial score (nSPS) is 12.3. The molecule has 0 aliphatic heterocycles. The molecule has 6 heteroatoms. The minimum atomic E-state index is -0.785. The van der Waals surface area contributed by atoms with Gasteiger partial charge in [-0.1, -0.05) is 19.9 Å². The first-order chi connectivity index (χ1) is 8.34. The van der Waals surface area contributed by atoms with Gasteiger partial charge in [-0.25, -0.2) is 4.39 Å². The number of primary amides is 1. The maximum absolute atomic E-state index is 13.3. The van der Waals surface area contributed by atoms with Crippen molar-refractivity contribution in [3.63, 3.8) is 0 Å². The average molecular weight is 317 g/mol. The van der Waals surface area contributed by atoms with E-state index in [1.54, 1.807) is 13.8 Å². The number of hydrogen-bond donors (Lipinski definition) is 2. The Balaban J connectivity index is 2.94. The minimum Gasteiger partial charge on any atom is -0.368 e. The third-order valence-electron chi connectivity index (χ3n) is 2.46. The third kappa shape index (κ3) is 3.29. The van der Waals surface area contributed by atoms with Crippen LogP contribution in [0.4, 0.5) is 4.39 Å². The van der Waals surface area contributed by atoms with Crippen molar-refractivity contribution in [2.75, 3.05) is 0 Å². The highest BCUT2D eigenvalue weighted by Crippen LogP contribution is 2.20. The van der Waals surface area contributed by atoms with Crippen LogP contribution in [0.15, 0.2) is 22.7 Å². The summed E-state index contributed by atoms with van der Waals surface area (Å²) in [5.41, 5.74) is 5.32. The monoisotopic (exact) mass is 316 g/mol. The number of carbonyl (C=O) groups is 2. The summed E-state index contributed by atoms with van der Waals surface area (Å²) >= 11 is 2.99. The van der Waals surface area contributed by atoms with Gasteiger partial charge in [0.25, 0.3) is 5.91 Å². The molecule has 18 heavy (non-hydrogen) atoms. The molecule has 1 aromatic rings. The van der Waals surface area contributed by atoms with Crippen LogP contribution in [0.2, 0.25) is 0 Å². The first-order valence-electron chi connectivity index (χ1n) is 5.38. The van der Waals surface area contributed by atoms with E-state index in [1.807, 2.05) is 0 Å². The number of nitrogens with one attached hydrogen (secondary N) is 1. The van der Waals surface area contributed by atoms with Crippen LogP contribution >= 0.6 is 15.9 Å². The topological polar surface area (TPSA) is 72.2 Å². The maximum Gasteiger partial charge on any atom is 0.253 e. The lowest BCUT2D eigenvalue weighted by atomic mass is 10.0. The van der Waals surface area contributed by atoms with Crippen molar-refractivity contribution in [2.45, 2.75) is 19.9 Å². The van der Waals surface area contributed by atoms with Gasteiger partial charge in [0.2, 0.25) is 5.91 Å². The van der Waals surface area contributed by atoms with Crippen LogP contribution in [0.3, 0.4) is 0 Å². The van der Waals surface area contributed by atoms with Gasteiger partial charge < -0.3 is 11.1 Å². The van der Waals surface area contributed by atoms with Gasteiger partial charge in [-0.3, -0.25) is 9.59 Å². The van der Waals surface area contributed by atoms with Gasteiger partial charge in [0.15, 0.2) is 0 Å². The second kappa shape index (κ2) is 5.95. The molecule has 0 bridgehead atoms. The van der Waals surface area contributed by atoms with Crippen LogP contribution in [0.5, 0.6) is 0 Å². The van der Waals surface area contributed by atoms with E-state index < -0.39 is 23.7 Å². The summed E-state index contributed by atoms with van der Waals surface area (Å²) in [6.07, 6.45) is 0. The highest BCUT2D eigenvalue weighted by molar-refractivity contribution is 9.10. The van der Waals surface area contributed by atoms with Crippen molar-refractivity contribution in [1.29, 1.82) is 0 Å². The summed E-state index contributed by atoms with van der Waals surface area (Å²) in [7, 11) is 0. The standard InChI is InChI=1S/C12H14BrFN2O2/c1-6(2)10(11(15)17)16-12(18)7-4-3-5-8(14)9(7)13/h3-6,10H,1-2H3,(H2,15,17)(H,16,18). The molecule has 0 heterocycles. The summed E-state index contributed by atoms with van der Waals surface area (Å²) < 4.78 is 13.3. The van der Waals surface area contributed by atoms with E-state index >= 15 is 0 Å². The van der Waals surface area contributed by atoms with E-state index in [9.17, 15) is 14.0 Å². The fourth-order valence-electron chi connectivity index (χ4n) is 1.46. The van der Waals surface area contributed by atoms with E-state index in [4.69, 9.17) is 5.73 Å². The van der Waals surface area contributed by atoms with Crippen LogP contribution in [0.1, 0.15) is 24.2 Å². The Morgan fingerprint density at radius 2 is 2.00 bits per heavy atom. The second-order valence-corrected chi connectivity index (χ2v) is 4.99. The smallest absolute Gasteiger partial charge is 0.253 e. The minimum absolute atomic E-state index is 0.0643. The molecule has 0 aromatic heterocycles. The molecule has 3 N–H and O–H groups in total. The number of carbonyl (C=O) groups excluding carboxylic acids is 2. The molecule has 0 spiro atoms. The average Bonchev–Trinajstić information content (AvgIpc) is 2.28. The predicted molar refractivity (Wildman–Crippen MR) is 69.4 cm³/mol. The van der Waals surface area contributed by atoms with Gasteiger partial charge >= 0.3 is 0 Å². The van der Waals surface area contributed by atoms with Crippen molar-refractivity contribution in [3.8, 4) is 0 Å². The molecule has 2 amide bonds. The summed E-state index contributed by atoms with van der Waals surface area (Å²) in [6.45, 7) is 3.52. The summed E-state index contributed by atoms with van der Waals surface area (Å²) in [5, 5.41) is 2.49. The Morgan fingerprint density at radius 1 is 1.39 bits per heavy atom. The Labute approximate surface area is 113 Å². The Hall–Kier alpha value is -1.43. The zero-order valence-electron chi connectivity index (χ0n) is 10.0.